The molecule has 0 spiro atoms. The van der Waals surface area contributed by atoms with Crippen LogP contribution in [0.15, 0.2) is 48.9 Å². The maximum absolute atomic E-state index is 13.0. The Balaban J connectivity index is 1.81. The van der Waals surface area contributed by atoms with Crippen molar-refractivity contribution in [2.24, 2.45) is 0 Å². The molecular formula is C17H11ClN6O. The standard InChI is InChI=1S/C17H11ClN6O/c1-19-16-10-23(15-6-12(18)8-21-22-15)17(25)24(16)14-9-20-7-11-4-2-3-5-13(11)14/h2-9,16H,10H2. The summed E-state index contributed by atoms with van der Waals surface area (Å²) in [5, 5.41) is 9.87. The summed E-state index contributed by atoms with van der Waals surface area (Å²) in [6.07, 6.45) is 4.04. The lowest BCUT2D eigenvalue weighted by molar-refractivity contribution is 0.255. The van der Waals surface area contributed by atoms with Gasteiger partial charge < -0.3 is 0 Å². The number of pyridine rings is 1. The molecular weight excluding hydrogens is 340 g/mol. The number of amides is 2. The number of halogens is 1. The summed E-state index contributed by atoms with van der Waals surface area (Å²) in [7, 11) is 0. The lowest BCUT2D eigenvalue weighted by Crippen LogP contribution is -2.34. The number of anilines is 2. The number of nitrogens with zero attached hydrogens (tertiary/aromatic N) is 6. The van der Waals surface area contributed by atoms with Gasteiger partial charge in [-0.05, 0) is 0 Å². The molecule has 0 bridgehead atoms. The highest BCUT2D eigenvalue weighted by Gasteiger charge is 2.44. The minimum absolute atomic E-state index is 0.181. The molecule has 25 heavy (non-hydrogen) atoms. The van der Waals surface area contributed by atoms with Gasteiger partial charge in [0.05, 0.1) is 23.1 Å². The van der Waals surface area contributed by atoms with Crippen LogP contribution in [0.2, 0.25) is 5.02 Å². The van der Waals surface area contributed by atoms with E-state index in [4.69, 9.17) is 18.2 Å². The second kappa shape index (κ2) is 6.00. The van der Waals surface area contributed by atoms with Crippen LogP contribution in [0.5, 0.6) is 0 Å². The van der Waals surface area contributed by atoms with Crippen molar-refractivity contribution in [2.75, 3.05) is 16.3 Å². The van der Waals surface area contributed by atoms with Crippen LogP contribution >= 0.6 is 11.6 Å². The van der Waals surface area contributed by atoms with Gasteiger partial charge in [-0.1, -0.05) is 35.9 Å². The van der Waals surface area contributed by atoms with E-state index in [2.05, 4.69) is 20.0 Å². The summed E-state index contributed by atoms with van der Waals surface area (Å²) < 4.78 is 0. The number of fused-ring (bicyclic) bond motifs is 1. The second-order valence-electron chi connectivity index (χ2n) is 5.48. The molecule has 0 aliphatic carbocycles. The minimum atomic E-state index is -0.680. The lowest BCUT2D eigenvalue weighted by atomic mass is 10.1. The Bertz CT molecular complexity index is 1010. The Kier molecular flexibility index (Phi) is 3.67. The molecule has 3 aromatic rings. The molecule has 1 unspecified atom stereocenters. The number of aromatic nitrogens is 3. The second-order valence-corrected chi connectivity index (χ2v) is 5.92. The summed E-state index contributed by atoms with van der Waals surface area (Å²) in [6.45, 7) is 7.68. The first-order valence-electron chi connectivity index (χ1n) is 7.47. The van der Waals surface area contributed by atoms with Gasteiger partial charge in [-0.25, -0.2) is 16.3 Å². The van der Waals surface area contributed by atoms with Gasteiger partial charge in [-0.2, -0.15) is 5.10 Å². The monoisotopic (exact) mass is 350 g/mol. The fourth-order valence-corrected chi connectivity index (χ4v) is 3.03. The van der Waals surface area contributed by atoms with Crippen LogP contribution in [-0.4, -0.2) is 33.9 Å². The van der Waals surface area contributed by atoms with Gasteiger partial charge >= 0.3 is 12.2 Å². The van der Waals surface area contributed by atoms with Crippen molar-refractivity contribution in [1.29, 1.82) is 0 Å². The van der Waals surface area contributed by atoms with Crippen molar-refractivity contribution >= 4 is 39.9 Å². The van der Waals surface area contributed by atoms with Gasteiger partial charge in [0.2, 0.25) is 0 Å². The highest BCUT2D eigenvalue weighted by molar-refractivity contribution is 6.30. The van der Waals surface area contributed by atoms with E-state index in [-0.39, 0.29) is 12.6 Å². The third-order valence-electron chi connectivity index (χ3n) is 4.02. The van der Waals surface area contributed by atoms with Crippen molar-refractivity contribution in [1.82, 2.24) is 15.2 Å². The average molecular weight is 351 g/mol. The minimum Gasteiger partial charge on any atom is -0.287 e. The van der Waals surface area contributed by atoms with Gasteiger partial charge in [-0.15, -0.1) is 5.10 Å². The Morgan fingerprint density at radius 2 is 2.08 bits per heavy atom. The maximum Gasteiger partial charge on any atom is 0.336 e. The van der Waals surface area contributed by atoms with Gasteiger partial charge in [0.25, 0.3) is 0 Å². The number of carbonyl (C=O) groups excluding carboxylic acids is 1. The molecule has 7 nitrogen and oxygen atoms in total. The molecule has 0 saturated carbocycles. The molecule has 1 aliphatic heterocycles. The molecule has 0 radical (unpaired) electrons. The van der Waals surface area contributed by atoms with Crippen molar-refractivity contribution in [2.45, 2.75) is 6.17 Å². The van der Waals surface area contributed by atoms with Crippen molar-refractivity contribution < 1.29 is 4.79 Å². The zero-order chi connectivity index (χ0) is 17.4. The predicted octanol–water partition coefficient (Wildman–Crippen LogP) is 3.37. The number of rotatable bonds is 2. The normalized spacial score (nSPS) is 17.1. The Hall–Kier alpha value is -3.24. The number of hydrogen-bond acceptors (Lipinski definition) is 4. The Morgan fingerprint density at radius 3 is 2.88 bits per heavy atom. The third kappa shape index (κ3) is 2.53. The van der Waals surface area contributed by atoms with E-state index in [1.807, 2.05) is 24.3 Å². The first kappa shape index (κ1) is 15.3. The largest absolute Gasteiger partial charge is 0.336 e. The first-order chi connectivity index (χ1) is 12.2. The van der Waals surface area contributed by atoms with Crippen LogP contribution in [0.4, 0.5) is 16.3 Å². The number of urea groups is 1. The summed E-state index contributed by atoms with van der Waals surface area (Å²) in [5.74, 6) is 0.321. The van der Waals surface area contributed by atoms with Crippen molar-refractivity contribution in [3.8, 4) is 0 Å². The highest BCUT2D eigenvalue weighted by atomic mass is 35.5. The molecule has 1 saturated heterocycles. The summed E-state index contributed by atoms with van der Waals surface area (Å²) >= 11 is 5.95. The molecule has 122 valence electrons. The van der Waals surface area contributed by atoms with E-state index in [0.29, 0.717) is 16.5 Å². The number of hydrogen-bond donors (Lipinski definition) is 0. The van der Waals surface area contributed by atoms with Crippen molar-refractivity contribution in [3.05, 3.63) is 65.4 Å². The Labute approximate surface area is 148 Å². The van der Waals surface area contributed by atoms with Crippen LogP contribution in [-0.2, 0) is 0 Å². The third-order valence-corrected chi connectivity index (χ3v) is 4.23. The van der Waals surface area contributed by atoms with Crippen LogP contribution in [0.3, 0.4) is 0 Å². The average Bonchev–Trinajstić information content (AvgIpc) is 2.97. The quantitative estimate of drug-likeness (QED) is 0.665. The summed E-state index contributed by atoms with van der Waals surface area (Å²) in [5.41, 5.74) is 0.599. The van der Waals surface area contributed by atoms with E-state index in [1.165, 1.54) is 16.0 Å². The van der Waals surface area contributed by atoms with Gasteiger partial charge in [0, 0.05) is 23.0 Å². The molecule has 3 heterocycles. The topological polar surface area (TPSA) is 66.6 Å². The zero-order valence-corrected chi connectivity index (χ0v) is 13.6. The van der Waals surface area contributed by atoms with Gasteiger partial charge in [0.15, 0.2) is 5.82 Å². The van der Waals surface area contributed by atoms with E-state index < -0.39 is 6.17 Å². The molecule has 1 aromatic carbocycles. The van der Waals surface area contributed by atoms with E-state index in [9.17, 15) is 4.79 Å². The molecule has 1 fully saturated rings. The van der Waals surface area contributed by atoms with Crippen LogP contribution in [0.25, 0.3) is 15.6 Å². The number of carbonyl (C=O) groups is 1. The number of benzene rings is 1. The van der Waals surface area contributed by atoms with Crippen LogP contribution in [0.1, 0.15) is 0 Å². The van der Waals surface area contributed by atoms with Crippen molar-refractivity contribution in [3.63, 3.8) is 0 Å². The Morgan fingerprint density at radius 1 is 1.24 bits per heavy atom. The lowest BCUT2D eigenvalue weighted by Gasteiger charge is -2.18. The van der Waals surface area contributed by atoms with E-state index in [1.54, 1.807) is 18.5 Å². The van der Waals surface area contributed by atoms with E-state index in [0.717, 1.165) is 10.8 Å². The molecule has 1 atom stereocenters. The zero-order valence-electron chi connectivity index (χ0n) is 12.9. The van der Waals surface area contributed by atoms with Crippen LogP contribution in [0, 0.1) is 6.57 Å². The SMILES string of the molecule is [C-]#[N+]C1CN(c2cc(Cl)cnn2)C(=O)N1c1cncc2ccccc12. The van der Waals surface area contributed by atoms with Gasteiger partial charge in [-0.3, -0.25) is 14.7 Å². The van der Waals surface area contributed by atoms with E-state index >= 15 is 0 Å². The highest BCUT2D eigenvalue weighted by Crippen LogP contribution is 2.33. The first-order valence-corrected chi connectivity index (χ1v) is 7.85. The molecule has 4 rings (SSSR count). The van der Waals surface area contributed by atoms with Gasteiger partial charge in [0.1, 0.15) is 6.54 Å². The smallest absolute Gasteiger partial charge is 0.287 e. The summed E-state index contributed by atoms with van der Waals surface area (Å²) in [6, 6.07) is 8.81. The predicted molar refractivity (Wildman–Crippen MR) is 94.4 cm³/mol. The molecule has 2 amide bonds. The molecule has 0 N–H and O–H groups in total. The fraction of sp³-hybridized carbons (Fsp3) is 0.118. The van der Waals surface area contributed by atoms with Crippen LogP contribution < -0.4 is 9.80 Å². The molecule has 8 heteroatoms. The summed E-state index contributed by atoms with van der Waals surface area (Å²) in [4.78, 5) is 23.7. The maximum atomic E-state index is 13.0. The molecule has 1 aliphatic rings. The fourth-order valence-electron chi connectivity index (χ4n) is 2.89. The molecule has 2 aromatic heterocycles.